The molecule has 0 saturated heterocycles. The minimum atomic E-state index is -0.909. The van der Waals surface area contributed by atoms with Crippen LogP contribution >= 0.6 is 0 Å². The Labute approximate surface area is 368 Å². The molecule has 0 saturated carbocycles. The lowest BCUT2D eigenvalue weighted by Gasteiger charge is -2.09. The molecule has 0 spiro atoms. The van der Waals surface area contributed by atoms with E-state index in [9.17, 15) is 47.9 Å². The molecule has 4 aromatic carbocycles. The van der Waals surface area contributed by atoms with E-state index in [1.807, 2.05) is 0 Å². The minimum absolute atomic E-state index is 0.0125. The summed E-state index contributed by atoms with van der Waals surface area (Å²) in [7, 11) is 0. The Kier molecular flexibility index (Phi) is 17.9. The third kappa shape index (κ3) is 15.2. The summed E-state index contributed by atoms with van der Waals surface area (Å²) in [6.45, 7) is 6.06. The van der Waals surface area contributed by atoms with Gasteiger partial charge in [0.25, 0.3) is 0 Å². The number of ether oxygens (including phenoxy) is 10. The lowest BCUT2D eigenvalue weighted by Crippen LogP contribution is -2.15. The van der Waals surface area contributed by atoms with Crippen LogP contribution in [0.5, 0.6) is 0 Å². The quantitative estimate of drug-likeness (QED) is 0.0485. The average molecular weight is 897 g/mol. The Morgan fingerprint density at radius 1 is 0.277 bits per heavy atom. The Morgan fingerprint density at radius 2 is 0.400 bits per heavy atom. The molecule has 336 valence electrons. The van der Waals surface area contributed by atoms with Crippen molar-refractivity contribution in [3.8, 4) is 0 Å². The Balaban J connectivity index is 1.11. The summed E-state index contributed by atoms with van der Waals surface area (Å²) in [6.07, 6.45) is 0. The van der Waals surface area contributed by atoms with E-state index < -0.39 is 93.7 Å². The van der Waals surface area contributed by atoms with Gasteiger partial charge < -0.3 is 47.4 Å². The lowest BCUT2D eigenvalue weighted by atomic mass is 10.1. The van der Waals surface area contributed by atoms with Crippen LogP contribution in [0.25, 0.3) is 0 Å². The molecule has 0 aliphatic heterocycles. The number of carbonyl (C=O) groups is 10. The third-order valence-corrected chi connectivity index (χ3v) is 8.02. The monoisotopic (exact) mass is 896 g/mol. The van der Waals surface area contributed by atoms with E-state index in [0.717, 1.165) is 0 Å². The molecule has 0 amide bonds. The van der Waals surface area contributed by atoms with Gasteiger partial charge in [0.15, 0.2) is 0 Å². The summed E-state index contributed by atoms with van der Waals surface area (Å²) in [6, 6.07) is 20.0. The van der Waals surface area contributed by atoms with Crippen LogP contribution in [0.3, 0.4) is 0 Å². The van der Waals surface area contributed by atoms with Gasteiger partial charge in [-0.05, 0) is 111 Å². The molecule has 65 heavy (non-hydrogen) atoms. The first-order valence-electron chi connectivity index (χ1n) is 18.5. The molecular weight excluding hydrogens is 860 g/mol. The molecule has 0 aliphatic rings. The van der Waals surface area contributed by atoms with Crippen molar-refractivity contribution in [2.45, 2.75) is 13.8 Å². The Hall–Kier alpha value is -8.94. The van der Waals surface area contributed by atoms with Gasteiger partial charge in [0.05, 0.1) is 44.5 Å². The van der Waals surface area contributed by atoms with Crippen LogP contribution in [0.1, 0.15) is 96.7 Å². The maximum atomic E-state index is 12.5. The summed E-state index contributed by atoms with van der Waals surface area (Å²) in [5.74, 6) is -8.48. The molecule has 0 radical (unpaired) electrons. The zero-order valence-corrected chi connectivity index (χ0v) is 34.4. The van der Waals surface area contributed by atoms with E-state index in [-0.39, 0.29) is 55.7 Å². The highest BCUT2D eigenvalue weighted by Gasteiger charge is 2.18. The predicted molar refractivity (Wildman–Crippen MR) is 215 cm³/mol. The van der Waals surface area contributed by atoms with Gasteiger partial charge in [-0.15, -0.1) is 0 Å². The molecular formula is C45H36O20. The summed E-state index contributed by atoms with van der Waals surface area (Å²) in [5.41, 5.74) is 0.331. The highest BCUT2D eigenvalue weighted by atomic mass is 16.7. The van der Waals surface area contributed by atoms with E-state index in [2.05, 4.69) is 22.6 Å². The van der Waals surface area contributed by atoms with Gasteiger partial charge in [-0.25, -0.2) is 47.9 Å². The maximum Gasteiger partial charge on any atom is 0.340 e. The number of hydrogen-bond acceptors (Lipinski definition) is 20. The first kappa shape index (κ1) is 48.7. The molecule has 0 bridgehead atoms. The van der Waals surface area contributed by atoms with Crippen molar-refractivity contribution in [1.29, 1.82) is 0 Å². The molecule has 0 fully saturated rings. The fourth-order valence-corrected chi connectivity index (χ4v) is 4.57. The van der Waals surface area contributed by atoms with E-state index in [1.54, 1.807) is 0 Å². The van der Waals surface area contributed by atoms with Crippen molar-refractivity contribution in [1.82, 2.24) is 0 Å². The Morgan fingerprint density at radius 3 is 0.523 bits per heavy atom. The molecule has 4 aromatic rings. The van der Waals surface area contributed by atoms with E-state index >= 15 is 0 Å². The number of carbonyl (C=O) groups excluding carboxylic acids is 10. The van der Waals surface area contributed by atoms with Crippen LogP contribution in [0.15, 0.2) is 121 Å². The van der Waals surface area contributed by atoms with Crippen LogP contribution in [0, 0.1) is 0 Å². The van der Waals surface area contributed by atoms with Crippen LogP contribution < -0.4 is 0 Å². The number of hydrogen-bond donors (Lipinski definition) is 0. The smallest absolute Gasteiger partial charge is 0.340 e. The first-order valence-corrected chi connectivity index (χ1v) is 18.5. The minimum Gasteiger partial charge on any atom is -0.425 e. The maximum absolute atomic E-state index is 12.5. The van der Waals surface area contributed by atoms with Gasteiger partial charge in [0, 0.05) is 11.1 Å². The van der Waals surface area contributed by atoms with Crippen LogP contribution in [-0.4, -0.2) is 93.7 Å². The SMILES string of the molecule is C=C(C)C(=O)OCOC(=O)c1ccc(C(=O)OCOC(=O)c2ccc(C(=O)OCOC(=O)c3ccc(C(=O)OCOC(=O)c4ccc(C(=O)OCOC(=O)C(=C)C)cc4)cc3)cc2)cc1. The van der Waals surface area contributed by atoms with Gasteiger partial charge in [-0.3, -0.25) is 0 Å². The fourth-order valence-electron chi connectivity index (χ4n) is 4.57. The molecule has 0 heterocycles. The standard InChI is InChI=1S/C45H36O20/c1-26(2)36(46)56-21-58-38(48)28-5-9-30(10-6-28)40(50)60-23-62-42(52)32-13-17-34(18-14-32)44(54)64-25-65-45(55)35-19-15-33(16-20-35)43(53)63-24-61-41(51)31-11-7-29(8-12-31)39(49)59-22-57-37(47)27(3)4/h5-20H,1,3,21-25H2,2,4H3. The third-order valence-electron chi connectivity index (χ3n) is 8.02. The topological polar surface area (TPSA) is 263 Å². The summed E-state index contributed by atoms with van der Waals surface area (Å²) >= 11 is 0. The van der Waals surface area contributed by atoms with Gasteiger partial charge in [-0.2, -0.15) is 0 Å². The summed E-state index contributed by atoms with van der Waals surface area (Å²) in [5, 5.41) is 0. The highest BCUT2D eigenvalue weighted by molar-refractivity contribution is 5.96. The van der Waals surface area contributed by atoms with Gasteiger partial charge >= 0.3 is 59.7 Å². The van der Waals surface area contributed by atoms with Crippen molar-refractivity contribution in [3.63, 3.8) is 0 Å². The molecule has 20 heteroatoms. The van der Waals surface area contributed by atoms with Gasteiger partial charge in [0.2, 0.25) is 34.0 Å². The van der Waals surface area contributed by atoms with E-state index in [0.29, 0.717) is 0 Å². The second kappa shape index (κ2) is 23.9. The van der Waals surface area contributed by atoms with Crippen molar-refractivity contribution >= 4 is 59.7 Å². The van der Waals surface area contributed by atoms with Crippen LogP contribution in [0.2, 0.25) is 0 Å². The molecule has 20 nitrogen and oxygen atoms in total. The number of esters is 10. The molecule has 4 rings (SSSR count). The Bertz CT molecular complexity index is 2290. The van der Waals surface area contributed by atoms with Crippen LogP contribution in [-0.2, 0) is 57.0 Å². The molecule has 0 N–H and O–H groups in total. The largest absolute Gasteiger partial charge is 0.425 e. The first-order chi connectivity index (χ1) is 31.0. The van der Waals surface area contributed by atoms with Crippen molar-refractivity contribution in [2.24, 2.45) is 0 Å². The van der Waals surface area contributed by atoms with Crippen molar-refractivity contribution in [3.05, 3.63) is 166 Å². The second-order valence-electron chi connectivity index (χ2n) is 12.8. The zero-order valence-electron chi connectivity index (χ0n) is 34.4. The van der Waals surface area contributed by atoms with Crippen molar-refractivity contribution in [2.75, 3.05) is 34.0 Å². The molecule has 0 atom stereocenters. The normalized spacial score (nSPS) is 10.1. The van der Waals surface area contributed by atoms with E-state index in [4.69, 9.17) is 37.9 Å². The average Bonchev–Trinajstić information content (AvgIpc) is 3.31. The lowest BCUT2D eigenvalue weighted by molar-refractivity contribution is -0.148. The number of benzene rings is 4. The predicted octanol–water partition coefficient (Wildman–Crippen LogP) is 5.07. The molecule has 0 unspecified atom stereocenters. The second-order valence-corrected chi connectivity index (χ2v) is 12.8. The molecule has 0 aromatic heterocycles. The summed E-state index contributed by atoms with van der Waals surface area (Å²) < 4.78 is 48.6. The highest BCUT2D eigenvalue weighted by Crippen LogP contribution is 2.13. The fraction of sp³-hybridized carbons (Fsp3) is 0.156. The zero-order chi connectivity index (χ0) is 47.5. The molecule has 0 aliphatic carbocycles. The van der Waals surface area contributed by atoms with Crippen molar-refractivity contribution < 1.29 is 95.3 Å². The van der Waals surface area contributed by atoms with E-state index in [1.165, 1.54) is 111 Å². The van der Waals surface area contributed by atoms with Gasteiger partial charge in [0.1, 0.15) is 0 Å². The number of rotatable bonds is 20. The van der Waals surface area contributed by atoms with Gasteiger partial charge in [-0.1, -0.05) is 13.2 Å². The summed E-state index contributed by atoms with van der Waals surface area (Å²) in [4.78, 5) is 121. The van der Waals surface area contributed by atoms with Crippen LogP contribution in [0.4, 0.5) is 0 Å².